The Bertz CT molecular complexity index is 1030. The number of carbonyl (C=O) groups excluding carboxylic acids is 3. The van der Waals surface area contributed by atoms with E-state index < -0.39 is 17.8 Å². The lowest BCUT2D eigenvalue weighted by Gasteiger charge is -2.26. The van der Waals surface area contributed by atoms with Crippen LogP contribution in [0.4, 0.5) is 10.5 Å². The number of hydrogen-bond donors (Lipinski definition) is 1. The number of nitrogens with zero attached hydrogens (tertiary/aromatic N) is 1. The molecule has 2 aromatic carbocycles. The van der Waals surface area contributed by atoms with Gasteiger partial charge in [0.1, 0.15) is 17.1 Å². The zero-order valence-electron chi connectivity index (χ0n) is 16.9. The number of imide groups is 2. The summed E-state index contributed by atoms with van der Waals surface area (Å²) in [6.45, 7) is 4.91. The summed E-state index contributed by atoms with van der Waals surface area (Å²) in [7, 11) is 0. The van der Waals surface area contributed by atoms with Crippen LogP contribution in [0.15, 0.2) is 50.9 Å². The predicted molar refractivity (Wildman–Crippen MR) is 124 cm³/mol. The maximum Gasteiger partial charge on any atom is 0.335 e. The monoisotopic (exact) mass is 550 g/mol. The largest absolute Gasteiger partial charge is 0.494 e. The minimum Gasteiger partial charge on any atom is -0.494 e. The third-order valence-electron chi connectivity index (χ3n) is 4.29. The topological polar surface area (TPSA) is 84.9 Å². The molecule has 0 aromatic heterocycles. The van der Waals surface area contributed by atoms with Crippen molar-refractivity contribution in [3.8, 4) is 11.5 Å². The number of amides is 4. The van der Waals surface area contributed by atoms with Crippen LogP contribution in [0.1, 0.15) is 25.8 Å². The molecule has 4 amide bonds. The van der Waals surface area contributed by atoms with Gasteiger partial charge in [-0.1, -0.05) is 6.92 Å². The number of benzene rings is 2. The molecule has 1 fully saturated rings. The second-order valence-electron chi connectivity index (χ2n) is 6.55. The van der Waals surface area contributed by atoms with E-state index >= 15 is 0 Å². The van der Waals surface area contributed by atoms with Crippen LogP contribution in [-0.4, -0.2) is 31.1 Å². The molecule has 1 heterocycles. The fraction of sp³-hybridized carbons (Fsp3) is 0.227. The predicted octanol–water partition coefficient (Wildman–Crippen LogP) is 5.07. The number of carbonyl (C=O) groups is 3. The van der Waals surface area contributed by atoms with E-state index in [0.29, 0.717) is 44.9 Å². The third kappa shape index (κ3) is 5.16. The summed E-state index contributed by atoms with van der Waals surface area (Å²) < 4.78 is 12.4. The number of rotatable bonds is 7. The molecule has 1 N–H and O–H groups in total. The SMILES string of the molecule is CCCOc1c(Br)cc(/C=C2\C(=O)NC(=O)N(c3ccc(OCC)cc3)C2=O)cc1Br. The van der Waals surface area contributed by atoms with Gasteiger partial charge in [-0.15, -0.1) is 0 Å². The maximum absolute atomic E-state index is 13.0. The molecule has 1 aliphatic rings. The van der Waals surface area contributed by atoms with Crippen molar-refractivity contribution in [3.05, 3.63) is 56.5 Å². The molecule has 0 bridgehead atoms. The van der Waals surface area contributed by atoms with E-state index in [1.54, 1.807) is 36.4 Å². The zero-order valence-corrected chi connectivity index (χ0v) is 20.1. The average molecular weight is 552 g/mol. The highest BCUT2D eigenvalue weighted by molar-refractivity contribution is 9.11. The van der Waals surface area contributed by atoms with Crippen LogP contribution in [0.2, 0.25) is 0 Å². The van der Waals surface area contributed by atoms with Crippen LogP contribution >= 0.6 is 31.9 Å². The Kier molecular flexibility index (Phi) is 7.50. The van der Waals surface area contributed by atoms with Gasteiger partial charge in [-0.2, -0.15) is 0 Å². The zero-order chi connectivity index (χ0) is 22.5. The van der Waals surface area contributed by atoms with E-state index in [4.69, 9.17) is 9.47 Å². The minimum absolute atomic E-state index is 0.158. The van der Waals surface area contributed by atoms with E-state index in [0.717, 1.165) is 11.3 Å². The summed E-state index contributed by atoms with van der Waals surface area (Å²) in [5.74, 6) is -0.218. The van der Waals surface area contributed by atoms with Crippen LogP contribution in [0, 0.1) is 0 Å². The van der Waals surface area contributed by atoms with Crippen molar-refractivity contribution in [2.75, 3.05) is 18.1 Å². The lowest BCUT2D eigenvalue weighted by atomic mass is 10.1. The quantitative estimate of drug-likeness (QED) is 0.384. The molecule has 0 aliphatic carbocycles. The van der Waals surface area contributed by atoms with Gasteiger partial charge < -0.3 is 9.47 Å². The number of hydrogen-bond acceptors (Lipinski definition) is 5. The summed E-state index contributed by atoms with van der Waals surface area (Å²) in [4.78, 5) is 38.7. The van der Waals surface area contributed by atoms with Gasteiger partial charge in [0.25, 0.3) is 11.8 Å². The van der Waals surface area contributed by atoms with Crippen molar-refractivity contribution in [2.45, 2.75) is 20.3 Å². The minimum atomic E-state index is -0.804. The Morgan fingerprint density at radius 1 is 1.00 bits per heavy atom. The smallest absolute Gasteiger partial charge is 0.335 e. The molecule has 31 heavy (non-hydrogen) atoms. The van der Waals surface area contributed by atoms with Gasteiger partial charge in [0, 0.05) is 0 Å². The molecule has 3 rings (SSSR count). The van der Waals surface area contributed by atoms with E-state index in [9.17, 15) is 14.4 Å². The van der Waals surface area contributed by atoms with Gasteiger partial charge in [-0.25, -0.2) is 9.69 Å². The summed E-state index contributed by atoms with van der Waals surface area (Å²) in [5.41, 5.74) is 0.756. The fourth-order valence-corrected chi connectivity index (χ4v) is 4.37. The number of anilines is 1. The molecule has 7 nitrogen and oxygen atoms in total. The van der Waals surface area contributed by atoms with Crippen LogP contribution in [0.5, 0.6) is 11.5 Å². The van der Waals surface area contributed by atoms with E-state index in [2.05, 4.69) is 37.2 Å². The van der Waals surface area contributed by atoms with Crippen LogP contribution in [-0.2, 0) is 9.59 Å². The highest BCUT2D eigenvalue weighted by atomic mass is 79.9. The Hall–Kier alpha value is -2.65. The van der Waals surface area contributed by atoms with Crippen molar-refractivity contribution in [3.63, 3.8) is 0 Å². The van der Waals surface area contributed by atoms with E-state index in [-0.39, 0.29) is 5.57 Å². The first-order valence-corrected chi connectivity index (χ1v) is 11.2. The molecule has 0 atom stereocenters. The van der Waals surface area contributed by atoms with Crippen LogP contribution < -0.4 is 19.7 Å². The first kappa shape index (κ1) is 23.0. The van der Waals surface area contributed by atoms with Crippen molar-refractivity contribution in [2.24, 2.45) is 0 Å². The molecule has 2 aromatic rings. The van der Waals surface area contributed by atoms with Crippen molar-refractivity contribution < 1.29 is 23.9 Å². The number of nitrogens with one attached hydrogen (secondary N) is 1. The summed E-state index contributed by atoms with van der Waals surface area (Å²) in [6, 6.07) is 9.15. The van der Waals surface area contributed by atoms with Crippen LogP contribution in [0.3, 0.4) is 0 Å². The first-order valence-electron chi connectivity index (χ1n) is 9.61. The highest BCUT2D eigenvalue weighted by Crippen LogP contribution is 2.36. The van der Waals surface area contributed by atoms with Gasteiger partial charge in [0.05, 0.1) is 27.8 Å². The number of halogens is 2. The normalized spacial score (nSPS) is 15.3. The lowest BCUT2D eigenvalue weighted by Crippen LogP contribution is -2.54. The highest BCUT2D eigenvalue weighted by Gasteiger charge is 2.36. The molecule has 0 spiro atoms. The van der Waals surface area contributed by atoms with E-state index in [1.165, 1.54) is 6.08 Å². The second kappa shape index (κ2) is 10.1. The molecule has 162 valence electrons. The molecule has 0 unspecified atom stereocenters. The molecular formula is C22H20Br2N2O5. The van der Waals surface area contributed by atoms with Crippen molar-refractivity contribution in [1.82, 2.24) is 5.32 Å². The van der Waals surface area contributed by atoms with Crippen molar-refractivity contribution in [1.29, 1.82) is 0 Å². The second-order valence-corrected chi connectivity index (χ2v) is 8.26. The maximum atomic E-state index is 13.0. The molecule has 0 radical (unpaired) electrons. The van der Waals surface area contributed by atoms with Crippen molar-refractivity contribution >= 4 is 61.5 Å². The molecule has 1 saturated heterocycles. The van der Waals surface area contributed by atoms with Gasteiger partial charge in [0.15, 0.2) is 0 Å². The van der Waals surface area contributed by atoms with Gasteiger partial charge in [-0.3, -0.25) is 14.9 Å². The Balaban J connectivity index is 1.93. The number of barbiturate groups is 1. The summed E-state index contributed by atoms with van der Waals surface area (Å²) in [5, 5.41) is 2.22. The third-order valence-corrected chi connectivity index (χ3v) is 5.47. The first-order chi connectivity index (χ1) is 14.8. The van der Waals surface area contributed by atoms with E-state index in [1.807, 2.05) is 13.8 Å². The summed E-state index contributed by atoms with van der Waals surface area (Å²) in [6.07, 6.45) is 2.29. The molecule has 1 aliphatic heterocycles. The Morgan fingerprint density at radius 2 is 1.65 bits per heavy atom. The van der Waals surface area contributed by atoms with Gasteiger partial charge in [0.2, 0.25) is 0 Å². The summed E-state index contributed by atoms with van der Waals surface area (Å²) >= 11 is 6.91. The van der Waals surface area contributed by atoms with Gasteiger partial charge >= 0.3 is 6.03 Å². The van der Waals surface area contributed by atoms with Crippen LogP contribution in [0.25, 0.3) is 6.08 Å². The number of ether oxygens (including phenoxy) is 2. The Labute approximate surface area is 196 Å². The Morgan fingerprint density at radius 3 is 2.23 bits per heavy atom. The molecular weight excluding hydrogens is 532 g/mol. The van der Waals surface area contributed by atoms with Gasteiger partial charge in [-0.05, 0) is 93.2 Å². The molecule has 0 saturated carbocycles. The molecule has 9 heteroatoms. The lowest BCUT2D eigenvalue weighted by molar-refractivity contribution is -0.122. The number of urea groups is 1. The standard InChI is InChI=1S/C22H20Br2N2O5/c1-3-9-31-19-17(23)11-13(12-18(19)24)10-16-20(27)25-22(29)26(21(16)28)14-5-7-15(8-6-14)30-4-2/h5-8,10-12H,3-4,9H2,1-2H3,(H,25,27,29)/b16-10+. The fourth-order valence-electron chi connectivity index (χ4n) is 2.92. The average Bonchev–Trinajstić information content (AvgIpc) is 2.72.